The number of nitrogens with zero attached hydrogens (tertiary/aromatic N) is 3. The predicted octanol–water partition coefficient (Wildman–Crippen LogP) is 3.52. The topological polar surface area (TPSA) is 30.2 Å². The van der Waals surface area contributed by atoms with Crippen LogP contribution < -0.4 is 0 Å². The van der Waals surface area contributed by atoms with Crippen molar-refractivity contribution in [3.63, 3.8) is 0 Å². The number of rotatable bonds is 1. The fourth-order valence-corrected chi connectivity index (χ4v) is 1.84. The first-order chi connectivity index (χ1) is 9.43. The zero-order valence-electron chi connectivity index (χ0n) is 10.7. The van der Waals surface area contributed by atoms with E-state index < -0.39 is 0 Å². The number of hydrogen-bond donors (Lipinski definition) is 0. The molecule has 0 N–H and O–H groups in total. The average molecular weight is 303 g/mol. The zero-order chi connectivity index (χ0) is 12.9. The summed E-state index contributed by atoms with van der Waals surface area (Å²) >= 11 is 0. The summed E-state index contributed by atoms with van der Waals surface area (Å²) in [5.41, 5.74) is 2.98. The minimum Gasteiger partial charge on any atom is -0.247 e. The van der Waals surface area contributed by atoms with Crippen molar-refractivity contribution >= 4 is 5.65 Å². The Morgan fingerprint density at radius 2 is 1.75 bits per heavy atom. The minimum atomic E-state index is 0. The van der Waals surface area contributed by atoms with Gasteiger partial charge in [0.25, 0.3) is 0 Å². The van der Waals surface area contributed by atoms with Crippen LogP contribution in [0.1, 0.15) is 0 Å². The molecule has 4 heteroatoms. The molecule has 0 spiro atoms. The molecule has 20 heavy (non-hydrogen) atoms. The standard InChI is InChI=1S/C11H8N3.C5H5.Fe/c1-2-5-9(4-1)10-8-11-12-6-3-7-14(11)13-10;1-2-4-5-3-1;/h1-8H;1-5H;/q2*-1;+2. The third-order valence-electron chi connectivity index (χ3n) is 2.75. The molecule has 0 saturated heterocycles. The van der Waals surface area contributed by atoms with Crippen molar-refractivity contribution in [1.82, 2.24) is 14.6 Å². The first-order valence-corrected chi connectivity index (χ1v) is 6.13. The van der Waals surface area contributed by atoms with Crippen molar-refractivity contribution in [2.24, 2.45) is 0 Å². The van der Waals surface area contributed by atoms with Gasteiger partial charge in [-0.15, -0.1) is 12.1 Å². The average Bonchev–Trinajstić information content (AvgIpc) is 3.20. The van der Waals surface area contributed by atoms with Crippen LogP contribution in [-0.2, 0) is 17.1 Å². The maximum atomic E-state index is 4.41. The molecule has 2 aromatic carbocycles. The van der Waals surface area contributed by atoms with E-state index in [1.807, 2.05) is 72.9 Å². The van der Waals surface area contributed by atoms with Crippen molar-refractivity contribution in [1.29, 1.82) is 0 Å². The monoisotopic (exact) mass is 303 g/mol. The Morgan fingerprint density at radius 1 is 1.00 bits per heavy atom. The van der Waals surface area contributed by atoms with E-state index >= 15 is 0 Å². The van der Waals surface area contributed by atoms with Gasteiger partial charge in [0.1, 0.15) is 5.65 Å². The third-order valence-corrected chi connectivity index (χ3v) is 2.75. The summed E-state index contributed by atoms with van der Waals surface area (Å²) < 4.78 is 1.78. The second-order valence-electron chi connectivity index (χ2n) is 4.09. The molecule has 2 aromatic heterocycles. The van der Waals surface area contributed by atoms with Gasteiger partial charge in [-0.05, 0) is 6.07 Å². The van der Waals surface area contributed by atoms with Gasteiger partial charge in [0.05, 0.1) is 0 Å². The Kier molecular flexibility index (Phi) is 4.88. The van der Waals surface area contributed by atoms with Gasteiger partial charge in [0, 0.05) is 18.1 Å². The molecule has 4 rings (SSSR count). The molecule has 0 bridgehead atoms. The van der Waals surface area contributed by atoms with E-state index in [9.17, 15) is 0 Å². The minimum absolute atomic E-state index is 0. The fourth-order valence-electron chi connectivity index (χ4n) is 1.84. The van der Waals surface area contributed by atoms with Crippen LogP contribution in [0.25, 0.3) is 16.9 Å². The third kappa shape index (κ3) is 3.23. The molecule has 0 radical (unpaired) electrons. The van der Waals surface area contributed by atoms with E-state index in [-0.39, 0.29) is 17.1 Å². The largest absolute Gasteiger partial charge is 2.00 e. The van der Waals surface area contributed by atoms with E-state index in [1.165, 1.54) is 0 Å². The molecule has 0 amide bonds. The molecule has 4 aromatic rings. The van der Waals surface area contributed by atoms with Gasteiger partial charge < -0.3 is 0 Å². The van der Waals surface area contributed by atoms with Crippen molar-refractivity contribution in [2.75, 3.05) is 0 Å². The summed E-state index contributed by atoms with van der Waals surface area (Å²) in [6, 6.07) is 22.0. The first kappa shape index (κ1) is 14.3. The predicted molar refractivity (Wildman–Crippen MR) is 76.1 cm³/mol. The summed E-state index contributed by atoms with van der Waals surface area (Å²) in [4.78, 5) is 4.21. The number of aromatic nitrogens is 3. The molecule has 0 aliphatic rings. The molecule has 2 heterocycles. The van der Waals surface area contributed by atoms with E-state index in [2.05, 4.69) is 10.1 Å². The van der Waals surface area contributed by atoms with Gasteiger partial charge in [0.2, 0.25) is 0 Å². The zero-order valence-corrected chi connectivity index (χ0v) is 11.8. The van der Waals surface area contributed by atoms with Crippen LogP contribution in [0.4, 0.5) is 0 Å². The van der Waals surface area contributed by atoms with E-state index in [4.69, 9.17) is 0 Å². The van der Waals surface area contributed by atoms with E-state index in [1.54, 1.807) is 10.7 Å². The maximum absolute atomic E-state index is 4.41. The van der Waals surface area contributed by atoms with Crippen LogP contribution in [-0.4, -0.2) is 14.6 Å². The molecular formula is C16H13FeN3. The molecule has 100 valence electrons. The second-order valence-corrected chi connectivity index (χ2v) is 4.09. The summed E-state index contributed by atoms with van der Waals surface area (Å²) in [5.74, 6) is 0. The van der Waals surface area contributed by atoms with Crippen molar-refractivity contribution in [3.05, 3.63) is 79.1 Å². The van der Waals surface area contributed by atoms with Crippen LogP contribution in [0.2, 0.25) is 0 Å². The van der Waals surface area contributed by atoms with Gasteiger partial charge in [-0.25, -0.2) is 21.6 Å². The molecule has 0 unspecified atom stereocenters. The van der Waals surface area contributed by atoms with E-state index in [0.29, 0.717) is 0 Å². The maximum Gasteiger partial charge on any atom is 2.00 e. The van der Waals surface area contributed by atoms with Crippen LogP contribution in [0.15, 0.2) is 79.1 Å². The van der Waals surface area contributed by atoms with Crippen LogP contribution in [0.5, 0.6) is 0 Å². The summed E-state index contributed by atoms with van der Waals surface area (Å²) in [5, 5.41) is 4.41. The molecule has 0 aliphatic carbocycles. The SMILES string of the molecule is [Fe+2].c1cc[c-](-c2cc3ncccn3n2)c1.c1cc[cH-]c1. The summed E-state index contributed by atoms with van der Waals surface area (Å²) in [6.45, 7) is 0. The van der Waals surface area contributed by atoms with Crippen LogP contribution in [0, 0.1) is 0 Å². The smallest absolute Gasteiger partial charge is 0.247 e. The normalized spacial score (nSPS) is 9.60. The molecule has 0 fully saturated rings. The summed E-state index contributed by atoms with van der Waals surface area (Å²) in [6.07, 6.45) is 3.67. The Hall–Kier alpha value is -2.16. The Balaban J connectivity index is 0.000000210. The summed E-state index contributed by atoms with van der Waals surface area (Å²) in [7, 11) is 0. The van der Waals surface area contributed by atoms with Gasteiger partial charge in [-0.1, -0.05) is 11.6 Å². The van der Waals surface area contributed by atoms with Crippen molar-refractivity contribution < 1.29 is 17.1 Å². The molecular weight excluding hydrogens is 290 g/mol. The van der Waals surface area contributed by atoms with Gasteiger partial charge in [-0.3, -0.25) is 0 Å². The number of fused-ring (bicyclic) bond motifs is 1. The second kappa shape index (κ2) is 6.85. The van der Waals surface area contributed by atoms with Gasteiger partial charge in [-0.2, -0.15) is 35.4 Å². The molecule has 0 atom stereocenters. The van der Waals surface area contributed by atoms with Crippen molar-refractivity contribution in [3.8, 4) is 11.3 Å². The van der Waals surface area contributed by atoms with Crippen LogP contribution >= 0.6 is 0 Å². The number of hydrogen-bond acceptors (Lipinski definition) is 2. The molecule has 0 aliphatic heterocycles. The Bertz CT molecular complexity index is 674. The van der Waals surface area contributed by atoms with Crippen LogP contribution in [0.3, 0.4) is 0 Å². The van der Waals surface area contributed by atoms with Gasteiger partial charge in [0.15, 0.2) is 0 Å². The fraction of sp³-hybridized carbons (Fsp3) is 0. The first-order valence-electron chi connectivity index (χ1n) is 6.13. The molecule has 3 nitrogen and oxygen atoms in total. The van der Waals surface area contributed by atoms with E-state index in [0.717, 1.165) is 16.9 Å². The Morgan fingerprint density at radius 3 is 2.35 bits per heavy atom. The van der Waals surface area contributed by atoms with Crippen molar-refractivity contribution in [2.45, 2.75) is 0 Å². The molecule has 0 saturated carbocycles. The quantitative estimate of drug-likeness (QED) is 0.398. The van der Waals surface area contributed by atoms with Gasteiger partial charge >= 0.3 is 17.1 Å². The Labute approximate surface area is 128 Å².